The summed E-state index contributed by atoms with van der Waals surface area (Å²) in [5, 5.41) is 4.63. The van der Waals surface area contributed by atoms with Gasteiger partial charge in [0, 0.05) is 26.2 Å². The summed E-state index contributed by atoms with van der Waals surface area (Å²) in [6, 6.07) is 5.56. The second kappa shape index (κ2) is 11.5. The SMILES string of the molecule is C.CC(=O)OC(C)(C)C.NC(=O)c1nc(N2CCCCC2)sc1Nc1ccccn1. The van der Waals surface area contributed by atoms with Gasteiger partial charge in [-0.2, -0.15) is 0 Å². The highest BCUT2D eigenvalue weighted by atomic mass is 32.1. The molecule has 9 heteroatoms. The van der Waals surface area contributed by atoms with E-state index in [0.717, 1.165) is 31.1 Å². The largest absolute Gasteiger partial charge is 0.460 e. The van der Waals surface area contributed by atoms with Crippen LogP contribution in [0.3, 0.4) is 0 Å². The van der Waals surface area contributed by atoms with Crippen LogP contribution in [0.5, 0.6) is 0 Å². The maximum absolute atomic E-state index is 11.6. The van der Waals surface area contributed by atoms with Gasteiger partial charge in [0.05, 0.1) is 0 Å². The third kappa shape index (κ3) is 8.36. The van der Waals surface area contributed by atoms with E-state index in [1.54, 1.807) is 6.20 Å². The fourth-order valence-electron chi connectivity index (χ4n) is 2.77. The van der Waals surface area contributed by atoms with E-state index in [4.69, 9.17) is 10.5 Å². The number of nitrogens with zero attached hydrogens (tertiary/aromatic N) is 3. The summed E-state index contributed by atoms with van der Waals surface area (Å²) in [5.41, 5.74) is 5.39. The van der Waals surface area contributed by atoms with E-state index in [1.165, 1.54) is 24.7 Å². The third-order valence-corrected chi connectivity index (χ3v) is 4.86. The highest BCUT2D eigenvalue weighted by molar-refractivity contribution is 7.20. The zero-order chi connectivity index (χ0) is 21.4. The number of aromatic nitrogens is 2. The Kier molecular flexibility index (Phi) is 9.71. The number of esters is 1. The topological polar surface area (TPSA) is 110 Å². The van der Waals surface area contributed by atoms with Gasteiger partial charge in [0.2, 0.25) is 0 Å². The van der Waals surface area contributed by atoms with E-state index in [1.807, 2.05) is 39.0 Å². The van der Waals surface area contributed by atoms with Crippen molar-refractivity contribution in [2.24, 2.45) is 5.73 Å². The first-order chi connectivity index (χ1) is 13.7. The number of nitrogens with two attached hydrogens (primary N) is 1. The van der Waals surface area contributed by atoms with Gasteiger partial charge in [-0.15, -0.1) is 0 Å². The van der Waals surface area contributed by atoms with Crippen molar-refractivity contribution in [3.8, 4) is 0 Å². The van der Waals surface area contributed by atoms with Crippen LogP contribution in [0, 0.1) is 0 Å². The molecule has 3 rings (SSSR count). The third-order valence-electron chi connectivity index (χ3n) is 3.83. The smallest absolute Gasteiger partial charge is 0.303 e. The Morgan fingerprint density at radius 1 is 1.20 bits per heavy atom. The van der Waals surface area contributed by atoms with Crippen LogP contribution in [-0.2, 0) is 9.53 Å². The first-order valence-electron chi connectivity index (χ1n) is 9.59. The molecule has 2 aromatic rings. The van der Waals surface area contributed by atoms with Crippen LogP contribution in [0.25, 0.3) is 0 Å². The first-order valence-corrected chi connectivity index (χ1v) is 10.4. The van der Waals surface area contributed by atoms with Crippen LogP contribution in [0.2, 0.25) is 0 Å². The van der Waals surface area contributed by atoms with Gasteiger partial charge in [-0.05, 0) is 52.2 Å². The number of ether oxygens (including phenoxy) is 1. The quantitative estimate of drug-likeness (QED) is 0.687. The van der Waals surface area contributed by atoms with Crippen molar-refractivity contribution in [3.05, 3.63) is 30.1 Å². The molecule has 0 saturated carbocycles. The Hall–Kier alpha value is -2.68. The van der Waals surface area contributed by atoms with Crippen LogP contribution in [0.4, 0.5) is 16.0 Å². The Morgan fingerprint density at radius 2 is 1.87 bits per heavy atom. The van der Waals surface area contributed by atoms with Crippen molar-refractivity contribution in [3.63, 3.8) is 0 Å². The molecule has 30 heavy (non-hydrogen) atoms. The second-order valence-corrected chi connectivity index (χ2v) is 8.61. The number of hydrogen-bond acceptors (Lipinski definition) is 8. The number of thiazole rings is 1. The molecule has 1 saturated heterocycles. The van der Waals surface area contributed by atoms with Gasteiger partial charge in [-0.3, -0.25) is 9.59 Å². The fraction of sp³-hybridized carbons (Fsp3) is 0.524. The molecule has 0 bridgehead atoms. The number of nitrogens with one attached hydrogen (secondary N) is 1. The number of piperidine rings is 1. The molecule has 3 heterocycles. The van der Waals surface area contributed by atoms with Gasteiger partial charge in [-0.1, -0.05) is 24.8 Å². The number of amides is 1. The summed E-state index contributed by atoms with van der Waals surface area (Å²) in [6.45, 7) is 8.89. The number of anilines is 3. The summed E-state index contributed by atoms with van der Waals surface area (Å²) in [5.74, 6) is -0.0701. The van der Waals surface area contributed by atoms with Crippen molar-refractivity contribution < 1.29 is 14.3 Å². The minimum absolute atomic E-state index is 0. The van der Waals surface area contributed by atoms with E-state index in [2.05, 4.69) is 20.2 Å². The first kappa shape index (κ1) is 25.4. The number of pyridine rings is 1. The molecule has 0 aliphatic carbocycles. The average molecular weight is 436 g/mol. The van der Waals surface area contributed by atoms with Gasteiger partial charge in [0.15, 0.2) is 10.8 Å². The number of hydrogen-bond donors (Lipinski definition) is 2. The lowest BCUT2D eigenvalue weighted by Crippen LogP contribution is -2.29. The van der Waals surface area contributed by atoms with Crippen molar-refractivity contribution in [2.45, 2.75) is 60.0 Å². The predicted octanol–water partition coefficient (Wildman–Crippen LogP) is 4.36. The van der Waals surface area contributed by atoms with Gasteiger partial charge >= 0.3 is 5.97 Å². The minimum Gasteiger partial charge on any atom is -0.460 e. The average Bonchev–Trinajstić information content (AvgIpc) is 3.06. The standard InChI is InChI=1S/C14H17N5OS.C6H12O2.CH4/c15-12(20)11-13(17-10-6-2-3-7-16-10)21-14(18-11)19-8-4-1-5-9-19;1-5(7)8-6(2,3)4;/h2-3,6-7H,1,4-5,8-9H2,(H2,15,20)(H,16,17);1-4H3;1H4. The number of rotatable bonds is 4. The molecule has 1 amide bonds. The van der Waals surface area contributed by atoms with Crippen molar-refractivity contribution in [2.75, 3.05) is 23.3 Å². The van der Waals surface area contributed by atoms with Crippen molar-refractivity contribution >= 4 is 39.2 Å². The molecule has 0 radical (unpaired) electrons. The molecule has 0 spiro atoms. The zero-order valence-corrected chi connectivity index (χ0v) is 18.2. The molecule has 1 aliphatic heterocycles. The van der Waals surface area contributed by atoms with Crippen LogP contribution in [-0.4, -0.2) is 40.5 Å². The van der Waals surface area contributed by atoms with E-state index >= 15 is 0 Å². The number of carbonyl (C=O) groups excluding carboxylic acids is 2. The van der Waals surface area contributed by atoms with Crippen molar-refractivity contribution in [1.82, 2.24) is 9.97 Å². The number of carbonyl (C=O) groups is 2. The van der Waals surface area contributed by atoms with E-state index in [9.17, 15) is 9.59 Å². The molecule has 0 atom stereocenters. The van der Waals surface area contributed by atoms with Crippen LogP contribution in [0.1, 0.15) is 64.9 Å². The number of primary amides is 1. The van der Waals surface area contributed by atoms with Crippen molar-refractivity contribution in [1.29, 1.82) is 0 Å². The molecule has 166 valence electrons. The normalized spacial score (nSPS) is 13.4. The Morgan fingerprint density at radius 3 is 2.33 bits per heavy atom. The highest BCUT2D eigenvalue weighted by Crippen LogP contribution is 2.34. The van der Waals surface area contributed by atoms with Gasteiger partial charge < -0.3 is 20.7 Å². The van der Waals surface area contributed by atoms with Crippen LogP contribution in [0.15, 0.2) is 24.4 Å². The van der Waals surface area contributed by atoms with E-state index in [-0.39, 0.29) is 24.7 Å². The fourth-order valence-corrected chi connectivity index (χ4v) is 3.79. The summed E-state index contributed by atoms with van der Waals surface area (Å²) in [7, 11) is 0. The zero-order valence-electron chi connectivity index (χ0n) is 17.4. The maximum Gasteiger partial charge on any atom is 0.303 e. The van der Waals surface area contributed by atoms with E-state index in [0.29, 0.717) is 10.8 Å². The molecular formula is C21H33N5O3S. The predicted molar refractivity (Wildman–Crippen MR) is 122 cm³/mol. The molecular weight excluding hydrogens is 402 g/mol. The monoisotopic (exact) mass is 435 g/mol. The van der Waals surface area contributed by atoms with Gasteiger partial charge in [0.1, 0.15) is 16.4 Å². The summed E-state index contributed by atoms with van der Waals surface area (Å²) in [4.78, 5) is 32.7. The molecule has 0 aromatic carbocycles. The molecule has 8 nitrogen and oxygen atoms in total. The van der Waals surface area contributed by atoms with E-state index < -0.39 is 5.91 Å². The lowest BCUT2D eigenvalue weighted by Gasteiger charge is -2.25. The molecule has 2 aromatic heterocycles. The lowest BCUT2D eigenvalue weighted by molar-refractivity contribution is -0.151. The van der Waals surface area contributed by atoms with Crippen LogP contribution < -0.4 is 16.0 Å². The summed E-state index contributed by atoms with van der Waals surface area (Å²) >= 11 is 1.45. The van der Waals surface area contributed by atoms with Gasteiger partial charge in [0.25, 0.3) is 5.91 Å². The molecule has 3 N–H and O–H groups in total. The second-order valence-electron chi connectivity index (χ2n) is 7.63. The highest BCUT2D eigenvalue weighted by Gasteiger charge is 2.21. The Labute approximate surface area is 182 Å². The Bertz CT molecular complexity index is 812. The molecule has 1 aliphatic rings. The summed E-state index contributed by atoms with van der Waals surface area (Å²) < 4.78 is 4.80. The van der Waals surface area contributed by atoms with Crippen LogP contribution >= 0.6 is 11.3 Å². The van der Waals surface area contributed by atoms with Gasteiger partial charge in [-0.25, -0.2) is 9.97 Å². The molecule has 0 unspecified atom stereocenters. The summed E-state index contributed by atoms with van der Waals surface area (Å²) in [6.07, 6.45) is 5.27. The minimum atomic E-state index is -0.520. The lowest BCUT2D eigenvalue weighted by atomic mass is 10.1. The molecule has 1 fully saturated rings. The maximum atomic E-state index is 11.6. The Balaban J connectivity index is 0.000000431.